The predicted molar refractivity (Wildman–Crippen MR) is 57.0 cm³/mol. The fraction of sp³-hybridized carbons (Fsp3) is 0.900. The number of rotatable bonds is 7. The number of carbonyl (C=O) groups excluding carboxylic acids is 1. The first-order chi connectivity index (χ1) is 6.61. The average Bonchev–Trinajstić information content (AvgIpc) is 2.21. The molecule has 0 aliphatic heterocycles. The van der Waals surface area contributed by atoms with Crippen LogP contribution < -0.4 is 5.73 Å². The number of carbonyl (C=O) groups is 1. The molecule has 4 heteroatoms. The van der Waals surface area contributed by atoms with E-state index in [1.807, 2.05) is 14.0 Å². The summed E-state index contributed by atoms with van der Waals surface area (Å²) in [5.41, 5.74) is 5.36. The van der Waals surface area contributed by atoms with Crippen molar-refractivity contribution in [2.24, 2.45) is 5.73 Å². The first-order valence-electron chi connectivity index (χ1n) is 5.08. The van der Waals surface area contributed by atoms with Crippen molar-refractivity contribution in [2.45, 2.75) is 32.3 Å². The molecule has 1 unspecified atom stereocenters. The van der Waals surface area contributed by atoms with Gasteiger partial charge in [0, 0.05) is 27.1 Å². The van der Waals surface area contributed by atoms with Crippen molar-refractivity contribution < 1.29 is 9.53 Å². The molecule has 0 bridgehead atoms. The third-order valence-corrected chi connectivity index (χ3v) is 2.29. The third-order valence-electron chi connectivity index (χ3n) is 2.29. The van der Waals surface area contributed by atoms with E-state index in [1.165, 1.54) is 0 Å². The molecule has 4 nitrogen and oxygen atoms in total. The molecular formula is C10H22N2O2. The Morgan fingerprint density at radius 2 is 2.21 bits per heavy atom. The van der Waals surface area contributed by atoms with Gasteiger partial charge in [-0.25, -0.2) is 0 Å². The van der Waals surface area contributed by atoms with Gasteiger partial charge < -0.3 is 15.4 Å². The van der Waals surface area contributed by atoms with Crippen molar-refractivity contribution in [1.29, 1.82) is 0 Å². The van der Waals surface area contributed by atoms with Crippen LogP contribution in [-0.4, -0.2) is 44.2 Å². The first kappa shape index (κ1) is 13.4. The second kappa shape index (κ2) is 7.76. The van der Waals surface area contributed by atoms with Gasteiger partial charge in [0.1, 0.15) is 0 Å². The highest BCUT2D eigenvalue weighted by Gasteiger charge is 2.09. The third kappa shape index (κ3) is 5.94. The van der Waals surface area contributed by atoms with E-state index in [0.29, 0.717) is 13.0 Å². The van der Waals surface area contributed by atoms with Gasteiger partial charge in [-0.15, -0.1) is 0 Å². The van der Waals surface area contributed by atoms with Gasteiger partial charge in [-0.3, -0.25) is 4.79 Å². The molecule has 0 aromatic heterocycles. The highest BCUT2D eigenvalue weighted by molar-refractivity contribution is 5.75. The Hall–Kier alpha value is -0.610. The summed E-state index contributed by atoms with van der Waals surface area (Å²) in [6.07, 6.45) is 2.35. The highest BCUT2D eigenvalue weighted by atomic mass is 16.5. The zero-order chi connectivity index (χ0) is 11.0. The number of amides is 1. The summed E-state index contributed by atoms with van der Waals surface area (Å²) in [5.74, 6) is 0.169. The molecule has 1 atom stereocenters. The molecule has 0 aromatic carbocycles. The Balaban J connectivity index is 3.61. The van der Waals surface area contributed by atoms with Crippen LogP contribution in [0.1, 0.15) is 26.2 Å². The van der Waals surface area contributed by atoms with Gasteiger partial charge in [-0.1, -0.05) is 0 Å². The van der Waals surface area contributed by atoms with Crippen molar-refractivity contribution in [3.63, 3.8) is 0 Å². The molecule has 0 heterocycles. The Morgan fingerprint density at radius 3 is 2.71 bits per heavy atom. The minimum Gasteiger partial charge on any atom is -0.382 e. The van der Waals surface area contributed by atoms with Gasteiger partial charge in [0.2, 0.25) is 5.91 Å². The zero-order valence-corrected chi connectivity index (χ0v) is 9.45. The molecule has 0 saturated carbocycles. The molecule has 0 saturated heterocycles. The van der Waals surface area contributed by atoms with E-state index in [1.54, 1.807) is 12.0 Å². The molecule has 0 aliphatic rings. The SMILES string of the molecule is COC(C)CCC(=O)N(C)CCCN. The van der Waals surface area contributed by atoms with E-state index in [-0.39, 0.29) is 12.0 Å². The molecule has 1 amide bonds. The van der Waals surface area contributed by atoms with Crippen LogP contribution in [0.3, 0.4) is 0 Å². The summed E-state index contributed by atoms with van der Waals surface area (Å²) < 4.78 is 5.07. The van der Waals surface area contributed by atoms with Gasteiger partial charge in [0.15, 0.2) is 0 Å². The lowest BCUT2D eigenvalue weighted by atomic mass is 10.2. The lowest BCUT2D eigenvalue weighted by Crippen LogP contribution is -2.29. The van der Waals surface area contributed by atoms with Crippen LogP contribution in [0, 0.1) is 0 Å². The van der Waals surface area contributed by atoms with E-state index in [0.717, 1.165) is 19.4 Å². The van der Waals surface area contributed by atoms with E-state index >= 15 is 0 Å². The maximum Gasteiger partial charge on any atom is 0.222 e. The number of nitrogens with two attached hydrogens (primary N) is 1. The average molecular weight is 202 g/mol. The summed E-state index contributed by atoms with van der Waals surface area (Å²) in [7, 11) is 3.47. The number of ether oxygens (including phenoxy) is 1. The molecule has 0 aromatic rings. The zero-order valence-electron chi connectivity index (χ0n) is 9.45. The monoisotopic (exact) mass is 202 g/mol. The molecule has 84 valence electrons. The molecule has 0 rings (SSSR count). The lowest BCUT2D eigenvalue weighted by molar-refractivity contribution is -0.130. The van der Waals surface area contributed by atoms with Crippen molar-refractivity contribution in [3.05, 3.63) is 0 Å². The standard InChI is InChI=1S/C10H22N2O2/c1-9(14-3)5-6-10(13)12(2)8-4-7-11/h9H,4-8,11H2,1-3H3. The Kier molecular flexibility index (Phi) is 7.42. The van der Waals surface area contributed by atoms with Crippen LogP contribution in [0.25, 0.3) is 0 Å². The maximum absolute atomic E-state index is 11.5. The topological polar surface area (TPSA) is 55.6 Å². The van der Waals surface area contributed by atoms with E-state index in [2.05, 4.69) is 0 Å². The molecule has 2 N–H and O–H groups in total. The number of methoxy groups -OCH3 is 1. The molecule has 0 radical (unpaired) electrons. The van der Waals surface area contributed by atoms with E-state index in [4.69, 9.17) is 10.5 Å². The normalized spacial score (nSPS) is 12.6. The van der Waals surface area contributed by atoms with Crippen molar-refractivity contribution in [3.8, 4) is 0 Å². The summed E-state index contributed by atoms with van der Waals surface area (Å²) in [5, 5.41) is 0. The first-order valence-corrected chi connectivity index (χ1v) is 5.08. The quantitative estimate of drug-likeness (QED) is 0.658. The van der Waals surface area contributed by atoms with Crippen molar-refractivity contribution in [2.75, 3.05) is 27.2 Å². The van der Waals surface area contributed by atoms with E-state index < -0.39 is 0 Å². The Morgan fingerprint density at radius 1 is 1.57 bits per heavy atom. The van der Waals surface area contributed by atoms with Crippen LogP contribution in [-0.2, 0) is 9.53 Å². The second-order valence-electron chi connectivity index (χ2n) is 3.54. The summed E-state index contributed by atoms with van der Waals surface area (Å²) >= 11 is 0. The van der Waals surface area contributed by atoms with Crippen molar-refractivity contribution >= 4 is 5.91 Å². The summed E-state index contributed by atoms with van der Waals surface area (Å²) in [6, 6.07) is 0. The van der Waals surface area contributed by atoms with Crippen LogP contribution >= 0.6 is 0 Å². The largest absolute Gasteiger partial charge is 0.382 e. The smallest absolute Gasteiger partial charge is 0.222 e. The Bertz CT molecular complexity index is 162. The van der Waals surface area contributed by atoms with Crippen molar-refractivity contribution in [1.82, 2.24) is 4.90 Å². The fourth-order valence-electron chi connectivity index (χ4n) is 1.09. The minimum absolute atomic E-state index is 0.154. The molecule has 0 spiro atoms. The molecule has 0 fully saturated rings. The molecule has 14 heavy (non-hydrogen) atoms. The summed E-state index contributed by atoms with van der Waals surface area (Å²) in [6.45, 7) is 3.34. The molecule has 0 aliphatic carbocycles. The van der Waals surface area contributed by atoms with Crippen LogP contribution in [0.15, 0.2) is 0 Å². The molecular weight excluding hydrogens is 180 g/mol. The maximum atomic E-state index is 11.5. The predicted octanol–water partition coefficient (Wildman–Crippen LogP) is 0.609. The highest BCUT2D eigenvalue weighted by Crippen LogP contribution is 2.02. The fourth-order valence-corrected chi connectivity index (χ4v) is 1.09. The number of nitrogens with zero attached hydrogens (tertiary/aromatic N) is 1. The number of hydrogen-bond acceptors (Lipinski definition) is 3. The lowest BCUT2D eigenvalue weighted by Gasteiger charge is -2.17. The minimum atomic E-state index is 0.154. The van der Waals surface area contributed by atoms with Crippen LogP contribution in [0.5, 0.6) is 0 Å². The van der Waals surface area contributed by atoms with Gasteiger partial charge in [0.05, 0.1) is 6.10 Å². The number of hydrogen-bond donors (Lipinski definition) is 1. The summed E-state index contributed by atoms with van der Waals surface area (Å²) in [4.78, 5) is 13.2. The van der Waals surface area contributed by atoms with E-state index in [9.17, 15) is 4.79 Å². The van der Waals surface area contributed by atoms with Crippen LogP contribution in [0.4, 0.5) is 0 Å². The van der Waals surface area contributed by atoms with Crippen LogP contribution in [0.2, 0.25) is 0 Å². The van der Waals surface area contributed by atoms with Gasteiger partial charge in [-0.05, 0) is 26.3 Å². The Labute approximate surface area is 86.4 Å². The van der Waals surface area contributed by atoms with Gasteiger partial charge in [-0.2, -0.15) is 0 Å². The van der Waals surface area contributed by atoms with Gasteiger partial charge >= 0.3 is 0 Å². The second-order valence-corrected chi connectivity index (χ2v) is 3.54. The van der Waals surface area contributed by atoms with Gasteiger partial charge in [0.25, 0.3) is 0 Å².